The zero-order valence-corrected chi connectivity index (χ0v) is 15.5. The van der Waals surface area contributed by atoms with Crippen molar-refractivity contribution in [2.24, 2.45) is 0 Å². The predicted octanol–water partition coefficient (Wildman–Crippen LogP) is 4.82. The molecule has 27 heavy (non-hydrogen) atoms. The average molecular weight is 380 g/mol. The van der Waals surface area contributed by atoms with Gasteiger partial charge < -0.3 is 9.73 Å². The quantitative estimate of drug-likeness (QED) is 0.540. The number of carbonyl (C=O) groups excluding carboxylic acids is 1. The summed E-state index contributed by atoms with van der Waals surface area (Å²) in [6.45, 7) is 2.49. The third-order valence-electron chi connectivity index (χ3n) is 4.47. The maximum absolute atomic E-state index is 12.6. The van der Waals surface area contributed by atoms with Crippen LogP contribution >= 0.6 is 11.6 Å². The predicted molar refractivity (Wildman–Crippen MR) is 105 cm³/mol. The number of aromatic nitrogens is 2. The number of carbonyl (C=O) groups is 1. The van der Waals surface area contributed by atoms with Crippen LogP contribution in [0.5, 0.6) is 0 Å². The number of hydrogen-bond donors (Lipinski definition) is 1. The van der Waals surface area contributed by atoms with Gasteiger partial charge in [0, 0.05) is 16.0 Å². The monoisotopic (exact) mass is 379 g/mol. The maximum Gasteiger partial charge on any atom is 0.251 e. The van der Waals surface area contributed by atoms with E-state index in [4.69, 9.17) is 16.0 Å². The zero-order chi connectivity index (χ0) is 18.8. The molecule has 2 heterocycles. The topological polar surface area (TPSA) is 60.1 Å². The van der Waals surface area contributed by atoms with Crippen LogP contribution in [0.25, 0.3) is 10.9 Å². The van der Waals surface area contributed by atoms with Gasteiger partial charge in [-0.05, 0) is 48.9 Å². The summed E-state index contributed by atoms with van der Waals surface area (Å²) in [5.74, 6) is 0.567. The normalized spacial score (nSPS) is 12.2. The summed E-state index contributed by atoms with van der Waals surface area (Å²) in [5, 5.41) is 9.09. The fourth-order valence-corrected chi connectivity index (χ4v) is 3.12. The van der Waals surface area contributed by atoms with Gasteiger partial charge in [0.05, 0.1) is 30.6 Å². The Morgan fingerprint density at radius 3 is 2.78 bits per heavy atom. The molecule has 0 fully saturated rings. The number of hydrogen-bond acceptors (Lipinski definition) is 3. The number of amides is 1. The number of rotatable bonds is 5. The number of benzene rings is 2. The Labute approximate surface area is 161 Å². The summed E-state index contributed by atoms with van der Waals surface area (Å²) >= 11 is 5.95. The lowest BCUT2D eigenvalue weighted by molar-refractivity contribution is 0.0935. The molecule has 0 saturated heterocycles. The highest BCUT2D eigenvalue weighted by molar-refractivity contribution is 6.30. The molecule has 0 saturated carbocycles. The van der Waals surface area contributed by atoms with Crippen LogP contribution in [0.1, 0.15) is 34.6 Å². The first-order chi connectivity index (χ1) is 13.1. The van der Waals surface area contributed by atoms with Crippen molar-refractivity contribution >= 4 is 28.4 Å². The van der Waals surface area contributed by atoms with Gasteiger partial charge >= 0.3 is 0 Å². The van der Waals surface area contributed by atoms with Gasteiger partial charge in [0.2, 0.25) is 0 Å². The van der Waals surface area contributed by atoms with E-state index < -0.39 is 0 Å². The summed E-state index contributed by atoms with van der Waals surface area (Å²) in [6.07, 6.45) is 3.40. The smallest absolute Gasteiger partial charge is 0.251 e. The van der Waals surface area contributed by atoms with Gasteiger partial charge in [-0.3, -0.25) is 9.48 Å². The second-order valence-corrected chi connectivity index (χ2v) is 6.85. The van der Waals surface area contributed by atoms with E-state index in [1.807, 2.05) is 54.1 Å². The van der Waals surface area contributed by atoms with Crippen molar-refractivity contribution in [2.45, 2.75) is 19.5 Å². The first-order valence-corrected chi connectivity index (χ1v) is 9.02. The zero-order valence-electron chi connectivity index (χ0n) is 14.7. The van der Waals surface area contributed by atoms with E-state index in [-0.39, 0.29) is 11.9 Å². The second-order valence-electron chi connectivity index (χ2n) is 6.41. The van der Waals surface area contributed by atoms with E-state index >= 15 is 0 Å². The van der Waals surface area contributed by atoms with E-state index in [2.05, 4.69) is 10.4 Å². The molecule has 4 rings (SSSR count). The minimum absolute atomic E-state index is 0.153. The van der Waals surface area contributed by atoms with Crippen molar-refractivity contribution in [1.29, 1.82) is 0 Å². The molecule has 4 aromatic rings. The van der Waals surface area contributed by atoms with Crippen LogP contribution in [-0.4, -0.2) is 15.7 Å². The number of furan rings is 1. The molecule has 136 valence electrons. The Morgan fingerprint density at radius 2 is 2.04 bits per heavy atom. The lowest BCUT2D eigenvalue weighted by Gasteiger charge is -2.12. The van der Waals surface area contributed by atoms with Crippen LogP contribution in [0.4, 0.5) is 0 Å². The molecule has 2 aromatic carbocycles. The fourth-order valence-electron chi connectivity index (χ4n) is 2.99. The van der Waals surface area contributed by atoms with Crippen molar-refractivity contribution in [2.75, 3.05) is 0 Å². The van der Waals surface area contributed by atoms with Crippen LogP contribution < -0.4 is 5.32 Å². The van der Waals surface area contributed by atoms with Crippen molar-refractivity contribution < 1.29 is 9.21 Å². The molecule has 2 aromatic heterocycles. The lowest BCUT2D eigenvalue weighted by Crippen LogP contribution is -2.26. The molecule has 0 aliphatic carbocycles. The summed E-state index contributed by atoms with van der Waals surface area (Å²) in [6, 6.07) is 16.7. The molecular formula is C21H18ClN3O2. The van der Waals surface area contributed by atoms with Gasteiger partial charge in [0.25, 0.3) is 5.91 Å². The highest BCUT2D eigenvalue weighted by Gasteiger charge is 2.15. The summed E-state index contributed by atoms with van der Waals surface area (Å²) in [7, 11) is 0. The molecule has 6 heteroatoms. The van der Waals surface area contributed by atoms with Crippen molar-refractivity contribution in [3.8, 4) is 0 Å². The maximum atomic E-state index is 12.6. The number of nitrogens with one attached hydrogen (secondary N) is 1. The summed E-state index contributed by atoms with van der Waals surface area (Å²) in [5.41, 5.74) is 2.58. The van der Waals surface area contributed by atoms with Gasteiger partial charge in [-0.1, -0.05) is 29.8 Å². The van der Waals surface area contributed by atoms with Crippen molar-refractivity contribution in [1.82, 2.24) is 15.1 Å². The molecule has 0 spiro atoms. The van der Waals surface area contributed by atoms with E-state index in [1.54, 1.807) is 24.6 Å². The Kier molecular flexibility index (Phi) is 4.69. The van der Waals surface area contributed by atoms with Crippen LogP contribution in [0, 0.1) is 0 Å². The third-order valence-corrected chi connectivity index (χ3v) is 4.72. The second kappa shape index (κ2) is 7.29. The molecule has 5 nitrogen and oxygen atoms in total. The fraction of sp³-hybridized carbons (Fsp3) is 0.143. The van der Waals surface area contributed by atoms with Gasteiger partial charge in [0.1, 0.15) is 5.76 Å². The van der Waals surface area contributed by atoms with Crippen LogP contribution in [0.3, 0.4) is 0 Å². The molecule has 0 aliphatic rings. The van der Waals surface area contributed by atoms with Crippen molar-refractivity contribution in [3.05, 3.63) is 89.0 Å². The van der Waals surface area contributed by atoms with Crippen LogP contribution in [-0.2, 0) is 6.54 Å². The van der Waals surface area contributed by atoms with Gasteiger partial charge in [-0.15, -0.1) is 0 Å². The lowest BCUT2D eigenvalue weighted by atomic mass is 10.1. The summed E-state index contributed by atoms with van der Waals surface area (Å²) < 4.78 is 7.23. The number of fused-ring (bicyclic) bond motifs is 1. The van der Waals surface area contributed by atoms with Crippen LogP contribution in [0.15, 0.2) is 71.5 Å². The highest BCUT2D eigenvalue weighted by atomic mass is 35.5. The standard InChI is InChI=1S/C21H18ClN3O2/c1-14(20-3-2-10-27-20)24-21(26)16-6-7-17-12-23-25(19(17)11-16)13-15-4-8-18(22)9-5-15/h2-12,14H,13H2,1H3,(H,24,26)/t14-/m1/s1. The van der Waals surface area contributed by atoms with E-state index in [1.165, 1.54) is 0 Å². The first kappa shape index (κ1) is 17.4. The largest absolute Gasteiger partial charge is 0.467 e. The molecule has 0 bridgehead atoms. The Morgan fingerprint density at radius 1 is 1.22 bits per heavy atom. The van der Waals surface area contributed by atoms with Gasteiger partial charge in [-0.2, -0.15) is 5.10 Å². The number of halogens is 1. The number of nitrogens with zero attached hydrogens (tertiary/aromatic N) is 2. The average Bonchev–Trinajstić information content (AvgIpc) is 3.34. The van der Waals surface area contributed by atoms with Gasteiger partial charge in [0.15, 0.2) is 0 Å². The molecule has 0 radical (unpaired) electrons. The minimum atomic E-state index is -0.206. The molecule has 1 amide bonds. The SMILES string of the molecule is C[C@@H](NC(=O)c1ccc2cnn(Cc3ccc(Cl)cc3)c2c1)c1ccco1. The van der Waals surface area contributed by atoms with Gasteiger partial charge in [-0.25, -0.2) is 0 Å². The van der Waals surface area contributed by atoms with E-state index in [0.717, 1.165) is 22.2 Å². The first-order valence-electron chi connectivity index (χ1n) is 8.64. The molecule has 0 unspecified atom stereocenters. The Bertz CT molecular complexity index is 1070. The Balaban J connectivity index is 1.57. The van der Waals surface area contributed by atoms with E-state index in [0.29, 0.717) is 17.1 Å². The molecular weight excluding hydrogens is 362 g/mol. The van der Waals surface area contributed by atoms with Crippen LogP contribution in [0.2, 0.25) is 5.02 Å². The molecule has 1 atom stereocenters. The summed E-state index contributed by atoms with van der Waals surface area (Å²) in [4.78, 5) is 12.6. The highest BCUT2D eigenvalue weighted by Crippen LogP contribution is 2.19. The molecule has 0 aliphatic heterocycles. The minimum Gasteiger partial charge on any atom is -0.467 e. The Hall–Kier alpha value is -3.05. The molecule has 1 N–H and O–H groups in total. The van der Waals surface area contributed by atoms with Crippen molar-refractivity contribution in [3.63, 3.8) is 0 Å². The third kappa shape index (κ3) is 3.73. The van der Waals surface area contributed by atoms with E-state index in [9.17, 15) is 4.79 Å².